The molecule has 3 rings (SSSR count). The van der Waals surface area contributed by atoms with Crippen molar-refractivity contribution in [1.82, 2.24) is 0 Å². The minimum Gasteiger partial charge on any atom is -0.507 e. The van der Waals surface area contributed by atoms with Crippen LogP contribution in [0.25, 0.3) is 22.1 Å². The van der Waals surface area contributed by atoms with Crippen molar-refractivity contribution in [2.24, 2.45) is 0 Å². The highest BCUT2D eigenvalue weighted by Gasteiger charge is 2.21. The molecule has 0 atom stereocenters. The molecule has 124 valence electrons. The number of phenols is 3. The summed E-state index contributed by atoms with van der Waals surface area (Å²) in [5.74, 6) is -0.807. The lowest BCUT2D eigenvalue weighted by atomic mass is 10.0. The van der Waals surface area contributed by atoms with E-state index in [9.17, 15) is 20.1 Å². The van der Waals surface area contributed by atoms with Crippen LogP contribution in [0.2, 0.25) is 0 Å². The number of aromatic hydroxyl groups is 3. The summed E-state index contributed by atoms with van der Waals surface area (Å²) in [6.45, 7) is 0. The van der Waals surface area contributed by atoms with Crippen LogP contribution in [0.4, 0.5) is 0 Å². The molecule has 0 saturated heterocycles. The van der Waals surface area contributed by atoms with Crippen LogP contribution in [-0.4, -0.2) is 29.5 Å². The third-order valence-corrected chi connectivity index (χ3v) is 3.68. The molecule has 0 spiro atoms. The molecule has 24 heavy (non-hydrogen) atoms. The van der Waals surface area contributed by atoms with E-state index in [0.29, 0.717) is 0 Å². The Hall–Kier alpha value is -3.35. The maximum absolute atomic E-state index is 12.8. The zero-order valence-electron chi connectivity index (χ0n) is 12.9. The van der Waals surface area contributed by atoms with E-state index in [-0.39, 0.29) is 45.1 Å². The topological polar surface area (TPSA) is 109 Å². The van der Waals surface area contributed by atoms with Crippen molar-refractivity contribution >= 4 is 11.0 Å². The molecule has 3 N–H and O–H groups in total. The average Bonchev–Trinajstić information content (AvgIpc) is 2.57. The summed E-state index contributed by atoms with van der Waals surface area (Å²) in [6.07, 6.45) is 1.13. The van der Waals surface area contributed by atoms with Crippen molar-refractivity contribution in [3.63, 3.8) is 0 Å². The Balaban J connectivity index is 2.40. The second-order valence-corrected chi connectivity index (χ2v) is 4.99. The van der Waals surface area contributed by atoms with Gasteiger partial charge in [-0.1, -0.05) is 12.1 Å². The molecule has 7 heteroatoms. The van der Waals surface area contributed by atoms with Crippen LogP contribution in [0.3, 0.4) is 0 Å². The van der Waals surface area contributed by atoms with Crippen LogP contribution in [-0.2, 0) is 0 Å². The van der Waals surface area contributed by atoms with Gasteiger partial charge >= 0.3 is 0 Å². The molecule has 0 aliphatic heterocycles. The maximum atomic E-state index is 12.8. The molecule has 2 aromatic carbocycles. The lowest BCUT2D eigenvalue weighted by Crippen LogP contribution is -2.06. The Bertz CT molecular complexity index is 988. The number of phenolic OH excluding ortho intramolecular Hbond substituents is 3. The van der Waals surface area contributed by atoms with Gasteiger partial charge in [-0.15, -0.1) is 0 Å². The summed E-state index contributed by atoms with van der Waals surface area (Å²) in [5.41, 5.74) is -0.503. The second-order valence-electron chi connectivity index (χ2n) is 4.99. The summed E-state index contributed by atoms with van der Waals surface area (Å²) >= 11 is 0. The van der Waals surface area contributed by atoms with Gasteiger partial charge in [0.25, 0.3) is 0 Å². The first kappa shape index (κ1) is 15.5. The number of rotatable bonds is 3. The van der Waals surface area contributed by atoms with Gasteiger partial charge in [-0.2, -0.15) is 0 Å². The predicted molar refractivity (Wildman–Crippen MR) is 86.0 cm³/mol. The number of fused-ring (bicyclic) bond motifs is 1. The van der Waals surface area contributed by atoms with Crippen LogP contribution < -0.4 is 14.9 Å². The normalized spacial score (nSPS) is 10.8. The molecule has 0 bridgehead atoms. The number of para-hydroxylation sites is 1. The van der Waals surface area contributed by atoms with Crippen LogP contribution in [0.1, 0.15) is 0 Å². The lowest BCUT2D eigenvalue weighted by molar-refractivity contribution is 0.350. The van der Waals surface area contributed by atoms with Crippen LogP contribution in [0.5, 0.6) is 28.7 Å². The fourth-order valence-corrected chi connectivity index (χ4v) is 2.52. The van der Waals surface area contributed by atoms with E-state index in [1.807, 2.05) is 0 Å². The molecular weight excluding hydrogens is 316 g/mol. The third kappa shape index (κ3) is 2.18. The smallest absolute Gasteiger partial charge is 0.204 e. The van der Waals surface area contributed by atoms with Gasteiger partial charge in [-0.3, -0.25) is 4.79 Å². The Morgan fingerprint density at radius 1 is 1.00 bits per heavy atom. The quantitative estimate of drug-likeness (QED) is 0.633. The molecule has 0 saturated carbocycles. The number of methoxy groups -OCH3 is 2. The zero-order chi connectivity index (χ0) is 17.4. The highest BCUT2D eigenvalue weighted by molar-refractivity contribution is 5.93. The molecular formula is C17H14O7. The monoisotopic (exact) mass is 330 g/mol. The van der Waals surface area contributed by atoms with Crippen molar-refractivity contribution in [1.29, 1.82) is 0 Å². The predicted octanol–water partition coefficient (Wildman–Crippen LogP) is 2.59. The van der Waals surface area contributed by atoms with Gasteiger partial charge in [0.05, 0.1) is 19.8 Å². The summed E-state index contributed by atoms with van der Waals surface area (Å²) < 4.78 is 15.7. The zero-order valence-corrected chi connectivity index (χ0v) is 12.9. The van der Waals surface area contributed by atoms with Crippen molar-refractivity contribution in [3.8, 4) is 39.9 Å². The van der Waals surface area contributed by atoms with Crippen LogP contribution >= 0.6 is 0 Å². The first-order valence-corrected chi connectivity index (χ1v) is 6.90. The Kier molecular flexibility index (Phi) is 3.69. The van der Waals surface area contributed by atoms with Gasteiger partial charge in [0.2, 0.25) is 11.2 Å². The van der Waals surface area contributed by atoms with Gasteiger partial charge < -0.3 is 29.2 Å². The van der Waals surface area contributed by atoms with Crippen molar-refractivity contribution < 1.29 is 29.2 Å². The number of ether oxygens (including phenoxy) is 2. The number of hydrogen-bond acceptors (Lipinski definition) is 7. The van der Waals surface area contributed by atoms with Crippen LogP contribution in [0.15, 0.2) is 39.7 Å². The molecule has 0 radical (unpaired) electrons. The van der Waals surface area contributed by atoms with E-state index in [2.05, 4.69) is 0 Å². The molecule has 0 unspecified atom stereocenters. The molecule has 1 aromatic heterocycles. The first-order valence-electron chi connectivity index (χ1n) is 6.90. The maximum Gasteiger partial charge on any atom is 0.204 e. The Morgan fingerprint density at radius 3 is 2.42 bits per heavy atom. The fourth-order valence-electron chi connectivity index (χ4n) is 2.52. The van der Waals surface area contributed by atoms with Gasteiger partial charge in [0, 0.05) is 11.6 Å². The van der Waals surface area contributed by atoms with Crippen molar-refractivity contribution in [2.75, 3.05) is 14.2 Å². The largest absolute Gasteiger partial charge is 0.507 e. The van der Waals surface area contributed by atoms with E-state index in [0.717, 1.165) is 6.26 Å². The first-order chi connectivity index (χ1) is 11.5. The molecule has 1 heterocycles. The number of hydrogen-bond donors (Lipinski definition) is 3. The van der Waals surface area contributed by atoms with Crippen molar-refractivity contribution in [2.45, 2.75) is 0 Å². The molecule has 0 aliphatic carbocycles. The third-order valence-electron chi connectivity index (χ3n) is 3.68. The van der Waals surface area contributed by atoms with E-state index in [1.54, 1.807) is 0 Å². The standard InChI is InChI=1S/C17H14O7/c1-22-12-6-11(19)13-15(21)9(7-24-17(13)16(12)23-2)8-4-3-5-10(18)14(8)20/h3-7,18-20H,1-2H3. The average molecular weight is 330 g/mol. The van der Waals surface area contributed by atoms with Gasteiger partial charge in [0.1, 0.15) is 17.4 Å². The molecule has 3 aromatic rings. The van der Waals surface area contributed by atoms with E-state index in [4.69, 9.17) is 13.9 Å². The minimum absolute atomic E-state index is 0.0154. The minimum atomic E-state index is -0.587. The molecule has 0 amide bonds. The SMILES string of the molecule is COc1cc(O)c2c(=O)c(-c3cccc(O)c3O)coc2c1OC. The van der Waals surface area contributed by atoms with E-state index in [1.165, 1.54) is 38.5 Å². The highest BCUT2D eigenvalue weighted by atomic mass is 16.5. The van der Waals surface area contributed by atoms with Crippen molar-refractivity contribution in [3.05, 3.63) is 40.8 Å². The van der Waals surface area contributed by atoms with Gasteiger partial charge in [-0.05, 0) is 6.07 Å². The molecule has 7 nitrogen and oxygen atoms in total. The van der Waals surface area contributed by atoms with Crippen LogP contribution in [0, 0.1) is 0 Å². The fraction of sp³-hybridized carbons (Fsp3) is 0.118. The van der Waals surface area contributed by atoms with E-state index >= 15 is 0 Å². The Labute approximate surface area is 135 Å². The second kappa shape index (κ2) is 5.69. The van der Waals surface area contributed by atoms with E-state index < -0.39 is 11.2 Å². The summed E-state index contributed by atoms with van der Waals surface area (Å²) in [4.78, 5) is 12.8. The summed E-state index contributed by atoms with van der Waals surface area (Å²) in [7, 11) is 2.77. The summed E-state index contributed by atoms with van der Waals surface area (Å²) in [6, 6.07) is 5.45. The lowest BCUT2D eigenvalue weighted by Gasteiger charge is -2.12. The van der Waals surface area contributed by atoms with Gasteiger partial charge in [0.15, 0.2) is 22.8 Å². The Morgan fingerprint density at radius 2 is 1.75 bits per heavy atom. The molecule has 0 aliphatic rings. The summed E-state index contributed by atoms with van der Waals surface area (Å²) in [5, 5.41) is 29.6. The highest BCUT2D eigenvalue weighted by Crippen LogP contribution is 2.41. The van der Waals surface area contributed by atoms with Gasteiger partial charge in [-0.25, -0.2) is 0 Å². The number of benzene rings is 2. The molecule has 0 fully saturated rings.